The molecular formula is C19H20ClN5O4. The Morgan fingerprint density at radius 2 is 1.72 bits per heavy atom. The van der Waals surface area contributed by atoms with Crippen molar-refractivity contribution in [3.05, 3.63) is 51.9 Å². The molecule has 0 atom stereocenters. The lowest BCUT2D eigenvalue weighted by Gasteiger charge is -2.17. The minimum atomic E-state index is -0.314. The Hall–Kier alpha value is -3.30. The highest BCUT2D eigenvalue weighted by Crippen LogP contribution is 2.27. The van der Waals surface area contributed by atoms with Gasteiger partial charge in [-0.05, 0) is 43.4 Å². The van der Waals surface area contributed by atoms with E-state index in [-0.39, 0.29) is 30.6 Å². The number of imidazole rings is 1. The lowest BCUT2D eigenvalue weighted by atomic mass is 10.2. The average molecular weight is 418 g/mol. The summed E-state index contributed by atoms with van der Waals surface area (Å²) in [6.45, 7) is -0.00491. The van der Waals surface area contributed by atoms with Gasteiger partial charge in [0.2, 0.25) is 11.8 Å². The van der Waals surface area contributed by atoms with E-state index in [1.165, 1.54) is 7.11 Å². The van der Waals surface area contributed by atoms with Crippen LogP contribution in [0.15, 0.2) is 41.2 Å². The van der Waals surface area contributed by atoms with E-state index in [9.17, 15) is 14.4 Å². The summed E-state index contributed by atoms with van der Waals surface area (Å²) in [5.74, 6) is -0.119. The maximum atomic E-state index is 12.3. The summed E-state index contributed by atoms with van der Waals surface area (Å²) >= 11 is 5.95. The van der Waals surface area contributed by atoms with Gasteiger partial charge in [-0.25, -0.2) is 4.79 Å². The number of halogens is 1. The SMILES string of the molecule is COc1ccc(Cl)cc1NC(=O)CN(C)CC(=O)Nc1ccc2[nH]c(=O)[nH]c2c1. The summed E-state index contributed by atoms with van der Waals surface area (Å²) in [6.07, 6.45) is 0. The molecule has 29 heavy (non-hydrogen) atoms. The van der Waals surface area contributed by atoms with Crippen molar-refractivity contribution in [3.8, 4) is 5.75 Å². The Kier molecular flexibility index (Phi) is 6.20. The molecular weight excluding hydrogens is 398 g/mol. The molecule has 0 fully saturated rings. The number of ether oxygens (including phenoxy) is 1. The van der Waals surface area contributed by atoms with Gasteiger partial charge in [-0.15, -0.1) is 0 Å². The van der Waals surface area contributed by atoms with Crippen LogP contribution in [0.25, 0.3) is 11.0 Å². The van der Waals surface area contributed by atoms with E-state index in [0.29, 0.717) is 33.2 Å². The van der Waals surface area contributed by atoms with E-state index in [4.69, 9.17) is 16.3 Å². The molecule has 3 aromatic rings. The van der Waals surface area contributed by atoms with Crippen LogP contribution >= 0.6 is 11.6 Å². The molecule has 0 saturated carbocycles. The minimum absolute atomic E-state index is 0.00178. The fourth-order valence-corrected chi connectivity index (χ4v) is 3.00. The number of methoxy groups -OCH3 is 1. The first-order valence-corrected chi connectivity index (χ1v) is 9.05. The Balaban J connectivity index is 1.54. The molecule has 0 radical (unpaired) electrons. The van der Waals surface area contributed by atoms with Crippen molar-refractivity contribution in [2.75, 3.05) is 37.9 Å². The molecule has 0 bridgehead atoms. The van der Waals surface area contributed by atoms with E-state index < -0.39 is 0 Å². The van der Waals surface area contributed by atoms with E-state index in [1.807, 2.05) is 0 Å². The molecule has 152 valence electrons. The number of fused-ring (bicyclic) bond motifs is 1. The third kappa shape index (κ3) is 5.37. The Bertz CT molecular complexity index is 1110. The van der Waals surface area contributed by atoms with Crippen LogP contribution in [-0.2, 0) is 9.59 Å². The third-order valence-corrected chi connectivity index (χ3v) is 4.30. The number of nitrogens with one attached hydrogen (secondary N) is 4. The van der Waals surface area contributed by atoms with E-state index >= 15 is 0 Å². The minimum Gasteiger partial charge on any atom is -0.495 e. The van der Waals surface area contributed by atoms with Crippen LogP contribution in [0.2, 0.25) is 5.02 Å². The van der Waals surface area contributed by atoms with Gasteiger partial charge in [0, 0.05) is 10.7 Å². The number of likely N-dealkylation sites (N-methyl/N-ethyl adjacent to an activating group) is 1. The molecule has 9 nitrogen and oxygen atoms in total. The van der Waals surface area contributed by atoms with Gasteiger partial charge < -0.3 is 25.3 Å². The highest BCUT2D eigenvalue weighted by atomic mass is 35.5. The number of aromatic amines is 2. The molecule has 0 aliphatic carbocycles. The van der Waals surface area contributed by atoms with Crippen LogP contribution in [0.4, 0.5) is 11.4 Å². The molecule has 4 N–H and O–H groups in total. The summed E-state index contributed by atoms with van der Waals surface area (Å²) < 4.78 is 5.19. The van der Waals surface area contributed by atoms with Crippen LogP contribution in [0.5, 0.6) is 5.75 Å². The predicted octanol–water partition coefficient (Wildman–Crippen LogP) is 2.03. The van der Waals surface area contributed by atoms with Gasteiger partial charge in [0.25, 0.3) is 0 Å². The second kappa shape index (κ2) is 8.80. The lowest BCUT2D eigenvalue weighted by molar-refractivity contribution is -0.119. The summed E-state index contributed by atoms with van der Waals surface area (Å²) in [5, 5.41) is 5.92. The molecule has 2 aromatic carbocycles. The second-order valence-corrected chi connectivity index (χ2v) is 6.89. The van der Waals surface area contributed by atoms with Gasteiger partial charge in [-0.1, -0.05) is 11.6 Å². The number of nitrogens with zero attached hydrogens (tertiary/aromatic N) is 1. The molecule has 0 saturated heterocycles. The van der Waals surface area contributed by atoms with Crippen LogP contribution in [0.3, 0.4) is 0 Å². The highest BCUT2D eigenvalue weighted by Gasteiger charge is 2.13. The zero-order valence-corrected chi connectivity index (χ0v) is 16.6. The number of hydrogen-bond acceptors (Lipinski definition) is 5. The second-order valence-electron chi connectivity index (χ2n) is 6.45. The fourth-order valence-electron chi connectivity index (χ4n) is 2.82. The molecule has 1 aromatic heterocycles. The largest absolute Gasteiger partial charge is 0.495 e. The molecule has 0 aliphatic rings. The van der Waals surface area contributed by atoms with Crippen LogP contribution in [-0.4, -0.2) is 53.9 Å². The maximum absolute atomic E-state index is 12.3. The number of H-pyrrole nitrogens is 2. The topological polar surface area (TPSA) is 119 Å². The first kappa shape index (κ1) is 20.4. The number of aromatic nitrogens is 2. The number of amides is 2. The Morgan fingerprint density at radius 1 is 1.03 bits per heavy atom. The molecule has 2 amide bonds. The number of hydrogen-bond donors (Lipinski definition) is 4. The van der Waals surface area contributed by atoms with Gasteiger partial charge in [0.1, 0.15) is 5.75 Å². The zero-order valence-electron chi connectivity index (χ0n) is 15.8. The Morgan fingerprint density at radius 3 is 2.45 bits per heavy atom. The number of carbonyl (C=O) groups is 2. The summed E-state index contributed by atoms with van der Waals surface area (Å²) in [7, 11) is 3.15. The third-order valence-electron chi connectivity index (χ3n) is 4.06. The van der Waals surface area contributed by atoms with E-state index in [2.05, 4.69) is 20.6 Å². The molecule has 10 heteroatoms. The van der Waals surface area contributed by atoms with Crippen molar-refractivity contribution >= 4 is 45.8 Å². The van der Waals surface area contributed by atoms with Crippen LogP contribution < -0.4 is 21.1 Å². The fraction of sp³-hybridized carbons (Fsp3) is 0.211. The smallest absolute Gasteiger partial charge is 0.323 e. The number of rotatable bonds is 7. The molecule has 0 spiro atoms. The van der Waals surface area contributed by atoms with Gasteiger partial charge in [-0.2, -0.15) is 0 Å². The number of benzene rings is 2. The van der Waals surface area contributed by atoms with Crippen LogP contribution in [0, 0.1) is 0 Å². The summed E-state index contributed by atoms with van der Waals surface area (Å²) in [4.78, 5) is 42.6. The van der Waals surface area contributed by atoms with Crippen molar-refractivity contribution in [3.63, 3.8) is 0 Å². The van der Waals surface area contributed by atoms with Gasteiger partial charge in [-0.3, -0.25) is 14.5 Å². The zero-order chi connectivity index (χ0) is 21.0. The van der Waals surface area contributed by atoms with Crippen LogP contribution in [0.1, 0.15) is 0 Å². The predicted molar refractivity (Wildman–Crippen MR) is 112 cm³/mol. The van der Waals surface area contributed by atoms with Gasteiger partial charge in [0.15, 0.2) is 0 Å². The van der Waals surface area contributed by atoms with Crippen molar-refractivity contribution < 1.29 is 14.3 Å². The summed E-state index contributed by atoms with van der Waals surface area (Å²) in [5.41, 5.74) is 1.93. The van der Waals surface area contributed by atoms with E-state index in [1.54, 1.807) is 48.3 Å². The van der Waals surface area contributed by atoms with E-state index in [0.717, 1.165) is 0 Å². The lowest BCUT2D eigenvalue weighted by Crippen LogP contribution is -2.36. The standard InChI is InChI=1S/C19H20ClN5O4/c1-25(10-18(27)22-15-7-11(20)3-6-16(15)29-2)9-17(26)21-12-4-5-13-14(8-12)24-19(28)23-13/h3-8H,9-10H2,1-2H3,(H,21,26)(H,22,27)(H2,23,24,28). The summed E-state index contributed by atoms with van der Waals surface area (Å²) in [6, 6.07) is 9.94. The monoisotopic (exact) mass is 417 g/mol. The highest BCUT2D eigenvalue weighted by molar-refractivity contribution is 6.31. The molecule has 3 rings (SSSR count). The number of anilines is 2. The Labute approximate surface area is 171 Å². The average Bonchev–Trinajstić information content (AvgIpc) is 3.00. The number of carbonyl (C=O) groups excluding carboxylic acids is 2. The van der Waals surface area contributed by atoms with Crippen molar-refractivity contribution in [2.45, 2.75) is 0 Å². The van der Waals surface area contributed by atoms with Crippen molar-refractivity contribution in [1.82, 2.24) is 14.9 Å². The quantitative estimate of drug-likeness (QED) is 0.469. The molecule has 1 heterocycles. The normalized spacial score (nSPS) is 10.9. The van der Waals surface area contributed by atoms with Crippen molar-refractivity contribution in [1.29, 1.82) is 0 Å². The van der Waals surface area contributed by atoms with Crippen molar-refractivity contribution in [2.24, 2.45) is 0 Å². The maximum Gasteiger partial charge on any atom is 0.323 e. The van der Waals surface area contributed by atoms with Gasteiger partial charge in [0.05, 0.1) is 36.9 Å². The first-order valence-electron chi connectivity index (χ1n) is 8.68. The first-order chi connectivity index (χ1) is 13.8. The van der Waals surface area contributed by atoms with Gasteiger partial charge >= 0.3 is 5.69 Å². The molecule has 0 unspecified atom stereocenters. The molecule has 0 aliphatic heterocycles.